The molecule has 0 unspecified atom stereocenters. The molecule has 5 nitrogen and oxygen atoms in total. The van der Waals surface area contributed by atoms with Gasteiger partial charge in [-0.2, -0.15) is 13.2 Å². The van der Waals surface area contributed by atoms with E-state index in [1.54, 1.807) is 0 Å². The number of pyridine rings is 1. The summed E-state index contributed by atoms with van der Waals surface area (Å²) in [6.45, 7) is 0. The molecule has 0 radical (unpaired) electrons. The normalized spacial score (nSPS) is 11.7. The molecular formula is C10H5F3N2O3. The molecule has 2 aromatic rings. The molecule has 0 atom stereocenters. The Hall–Kier alpha value is -2.38. The molecular weight excluding hydrogens is 253 g/mol. The van der Waals surface area contributed by atoms with Crippen LogP contribution in [0.25, 0.3) is 10.9 Å². The quantitative estimate of drug-likeness (QED) is 0.630. The molecule has 94 valence electrons. The number of benzene rings is 1. The molecule has 0 spiro atoms. The summed E-state index contributed by atoms with van der Waals surface area (Å²) in [6.07, 6.45) is -4.67. The Morgan fingerprint density at radius 2 is 1.89 bits per heavy atom. The monoisotopic (exact) mass is 258 g/mol. The first-order valence-corrected chi connectivity index (χ1v) is 4.68. The third kappa shape index (κ3) is 2.04. The van der Waals surface area contributed by atoms with Crippen molar-refractivity contribution in [1.82, 2.24) is 4.98 Å². The summed E-state index contributed by atoms with van der Waals surface area (Å²) in [5, 5.41) is 10.3. The molecule has 0 aliphatic heterocycles. The Kier molecular flexibility index (Phi) is 2.57. The number of nitrogens with zero attached hydrogens (tertiary/aromatic N) is 1. The van der Waals surface area contributed by atoms with Gasteiger partial charge in [0.25, 0.3) is 5.69 Å². The van der Waals surface area contributed by atoms with E-state index in [0.29, 0.717) is 6.07 Å². The Morgan fingerprint density at radius 3 is 2.44 bits per heavy atom. The van der Waals surface area contributed by atoms with Gasteiger partial charge in [-0.1, -0.05) is 0 Å². The van der Waals surface area contributed by atoms with E-state index in [2.05, 4.69) is 0 Å². The van der Waals surface area contributed by atoms with E-state index in [-0.39, 0.29) is 16.6 Å². The number of aromatic nitrogens is 1. The fourth-order valence-corrected chi connectivity index (χ4v) is 1.50. The molecule has 2 rings (SSSR count). The van der Waals surface area contributed by atoms with Crippen molar-refractivity contribution in [3.8, 4) is 0 Å². The third-order valence-electron chi connectivity index (χ3n) is 2.33. The van der Waals surface area contributed by atoms with Gasteiger partial charge >= 0.3 is 6.18 Å². The topological polar surface area (TPSA) is 76.0 Å². The number of nitro benzene ring substituents is 1. The van der Waals surface area contributed by atoms with Gasteiger partial charge in [-0.25, -0.2) is 0 Å². The number of hydrogen-bond donors (Lipinski definition) is 1. The first-order valence-electron chi connectivity index (χ1n) is 4.68. The average Bonchev–Trinajstić information content (AvgIpc) is 2.27. The van der Waals surface area contributed by atoms with E-state index in [9.17, 15) is 28.1 Å². The van der Waals surface area contributed by atoms with Crippen molar-refractivity contribution >= 4 is 16.6 Å². The lowest BCUT2D eigenvalue weighted by atomic mass is 10.1. The standard InChI is InChI=1S/C10H5F3N2O3/c11-10(12,13)9-4-8(16)6-3-5(15(17)18)1-2-7(6)14-9/h1-4H,(H,14,16). The lowest BCUT2D eigenvalue weighted by Gasteiger charge is -2.07. The smallest absolute Gasteiger partial charge is 0.351 e. The van der Waals surface area contributed by atoms with E-state index >= 15 is 0 Å². The lowest BCUT2D eigenvalue weighted by molar-refractivity contribution is -0.384. The number of nitro groups is 1. The van der Waals surface area contributed by atoms with E-state index in [0.717, 1.165) is 18.2 Å². The van der Waals surface area contributed by atoms with Gasteiger partial charge in [-0.15, -0.1) is 0 Å². The molecule has 18 heavy (non-hydrogen) atoms. The number of fused-ring (bicyclic) bond motifs is 1. The van der Waals surface area contributed by atoms with Crippen molar-refractivity contribution in [2.75, 3.05) is 0 Å². The summed E-state index contributed by atoms with van der Waals surface area (Å²) < 4.78 is 37.3. The lowest BCUT2D eigenvalue weighted by Crippen LogP contribution is -2.13. The molecule has 0 bridgehead atoms. The van der Waals surface area contributed by atoms with Gasteiger partial charge in [0, 0.05) is 18.2 Å². The highest BCUT2D eigenvalue weighted by Crippen LogP contribution is 2.28. The Balaban J connectivity index is 2.74. The average molecular weight is 258 g/mol. The van der Waals surface area contributed by atoms with Gasteiger partial charge < -0.3 is 4.98 Å². The van der Waals surface area contributed by atoms with E-state index < -0.39 is 22.2 Å². The zero-order valence-corrected chi connectivity index (χ0v) is 8.62. The summed E-state index contributed by atoms with van der Waals surface area (Å²) >= 11 is 0. The molecule has 0 fully saturated rings. The van der Waals surface area contributed by atoms with Gasteiger partial charge in [0.2, 0.25) is 0 Å². The van der Waals surface area contributed by atoms with Gasteiger partial charge in [0.1, 0.15) is 5.69 Å². The summed E-state index contributed by atoms with van der Waals surface area (Å²) in [7, 11) is 0. The minimum absolute atomic E-state index is 0.0968. The van der Waals surface area contributed by atoms with Crippen LogP contribution in [-0.2, 0) is 6.18 Å². The molecule has 1 N–H and O–H groups in total. The minimum Gasteiger partial charge on any atom is -0.351 e. The molecule has 0 amide bonds. The van der Waals surface area contributed by atoms with Gasteiger partial charge in [-0.05, 0) is 6.07 Å². The predicted octanol–water partition coefficient (Wildman–Crippen LogP) is 2.46. The molecule has 8 heteroatoms. The van der Waals surface area contributed by atoms with Crippen molar-refractivity contribution in [2.45, 2.75) is 6.18 Å². The predicted molar refractivity (Wildman–Crippen MR) is 56.2 cm³/mol. The van der Waals surface area contributed by atoms with Gasteiger partial charge in [0.05, 0.1) is 15.8 Å². The first-order chi connectivity index (χ1) is 8.29. The highest BCUT2D eigenvalue weighted by atomic mass is 19.4. The maximum Gasteiger partial charge on any atom is 0.431 e. The van der Waals surface area contributed by atoms with Crippen LogP contribution < -0.4 is 5.43 Å². The summed E-state index contributed by atoms with van der Waals surface area (Å²) in [6, 6.07) is 3.42. The molecule has 1 aromatic carbocycles. The summed E-state index contributed by atoms with van der Waals surface area (Å²) in [5.74, 6) is 0. The fourth-order valence-electron chi connectivity index (χ4n) is 1.50. The van der Waals surface area contributed by atoms with Crippen LogP contribution >= 0.6 is 0 Å². The maximum absolute atomic E-state index is 12.4. The molecule has 1 heterocycles. The maximum atomic E-state index is 12.4. The van der Waals surface area contributed by atoms with Crippen LogP contribution in [0.4, 0.5) is 18.9 Å². The number of rotatable bonds is 1. The van der Waals surface area contributed by atoms with Crippen molar-refractivity contribution < 1.29 is 18.1 Å². The zero-order valence-electron chi connectivity index (χ0n) is 8.62. The number of H-pyrrole nitrogens is 1. The summed E-state index contributed by atoms with van der Waals surface area (Å²) in [5.41, 5.74) is -2.55. The number of halogens is 3. The van der Waals surface area contributed by atoms with Crippen LogP contribution in [-0.4, -0.2) is 9.91 Å². The molecule has 0 saturated carbocycles. The fraction of sp³-hybridized carbons (Fsp3) is 0.100. The minimum atomic E-state index is -4.67. The molecule has 0 saturated heterocycles. The molecule has 1 aromatic heterocycles. The highest BCUT2D eigenvalue weighted by Gasteiger charge is 2.32. The van der Waals surface area contributed by atoms with E-state index in [1.165, 1.54) is 0 Å². The van der Waals surface area contributed by atoms with Crippen molar-refractivity contribution in [3.05, 3.63) is 50.3 Å². The van der Waals surface area contributed by atoms with E-state index in [4.69, 9.17) is 0 Å². The Labute approximate surface area is 97.0 Å². The van der Waals surface area contributed by atoms with Crippen molar-refractivity contribution in [1.29, 1.82) is 0 Å². The van der Waals surface area contributed by atoms with Gasteiger partial charge in [-0.3, -0.25) is 14.9 Å². The van der Waals surface area contributed by atoms with Crippen molar-refractivity contribution in [3.63, 3.8) is 0 Å². The number of alkyl halides is 3. The second-order valence-electron chi connectivity index (χ2n) is 3.53. The number of non-ortho nitro benzene ring substituents is 1. The van der Waals surface area contributed by atoms with Crippen molar-refractivity contribution in [2.24, 2.45) is 0 Å². The van der Waals surface area contributed by atoms with Crippen LogP contribution in [0.3, 0.4) is 0 Å². The van der Waals surface area contributed by atoms with Crippen LogP contribution in [0.1, 0.15) is 5.69 Å². The third-order valence-corrected chi connectivity index (χ3v) is 2.33. The molecule has 0 aliphatic carbocycles. The number of hydrogen-bond acceptors (Lipinski definition) is 3. The number of nitrogens with one attached hydrogen (secondary N) is 1. The van der Waals surface area contributed by atoms with Crippen LogP contribution in [0.2, 0.25) is 0 Å². The highest BCUT2D eigenvalue weighted by molar-refractivity contribution is 5.81. The Morgan fingerprint density at radius 1 is 1.22 bits per heavy atom. The molecule has 0 aliphatic rings. The van der Waals surface area contributed by atoms with Gasteiger partial charge in [0.15, 0.2) is 5.43 Å². The second-order valence-corrected chi connectivity index (χ2v) is 3.53. The van der Waals surface area contributed by atoms with Crippen LogP contribution in [0.5, 0.6) is 0 Å². The first kappa shape index (κ1) is 12.1. The SMILES string of the molecule is O=c1cc(C(F)(F)F)[nH]c2ccc([N+](=O)[O-])cc12. The second kappa shape index (κ2) is 3.83. The zero-order chi connectivity index (χ0) is 13.5. The van der Waals surface area contributed by atoms with E-state index in [1.807, 2.05) is 4.98 Å². The summed E-state index contributed by atoms with van der Waals surface area (Å²) in [4.78, 5) is 23.3. The van der Waals surface area contributed by atoms with Crippen LogP contribution in [0, 0.1) is 10.1 Å². The Bertz CT molecular complexity index is 691. The van der Waals surface area contributed by atoms with Crippen LogP contribution in [0.15, 0.2) is 29.1 Å². The largest absolute Gasteiger partial charge is 0.431 e. The number of aromatic amines is 1.